The molecule has 2 N–H and O–H groups in total. The van der Waals surface area contributed by atoms with Crippen LogP contribution in [-0.4, -0.2) is 51.6 Å². The highest BCUT2D eigenvalue weighted by Crippen LogP contribution is 2.22. The van der Waals surface area contributed by atoms with Gasteiger partial charge in [-0.05, 0) is 24.3 Å². The van der Waals surface area contributed by atoms with Crippen molar-refractivity contribution in [3.63, 3.8) is 0 Å². The first-order valence-corrected chi connectivity index (χ1v) is 8.36. The van der Waals surface area contributed by atoms with Crippen LogP contribution in [0, 0.1) is 0 Å². The van der Waals surface area contributed by atoms with Crippen molar-refractivity contribution in [1.82, 2.24) is 25.3 Å². The van der Waals surface area contributed by atoms with E-state index in [0.29, 0.717) is 0 Å². The number of aromatic nitrogens is 4. The minimum absolute atomic E-state index is 0.798. The lowest BCUT2D eigenvalue weighted by Gasteiger charge is -2.26. The molecule has 0 unspecified atom stereocenters. The van der Waals surface area contributed by atoms with Gasteiger partial charge in [0.2, 0.25) is 0 Å². The van der Waals surface area contributed by atoms with Crippen LogP contribution in [-0.2, 0) is 11.3 Å². The SMILES string of the molecule is c1cc(Nc2cccc(CN3CCOCC3)n2)cc(-c2cn[nH]n2)c1. The Labute approximate surface area is 146 Å². The number of aromatic amines is 1. The van der Waals surface area contributed by atoms with Gasteiger partial charge in [-0.25, -0.2) is 4.98 Å². The molecule has 0 atom stereocenters. The number of rotatable bonds is 5. The molecule has 3 heterocycles. The first kappa shape index (κ1) is 15.7. The summed E-state index contributed by atoms with van der Waals surface area (Å²) in [6.07, 6.45) is 1.71. The van der Waals surface area contributed by atoms with Gasteiger partial charge in [-0.15, -0.1) is 0 Å². The van der Waals surface area contributed by atoms with Crippen LogP contribution in [0.5, 0.6) is 0 Å². The summed E-state index contributed by atoms with van der Waals surface area (Å²) >= 11 is 0. The quantitative estimate of drug-likeness (QED) is 0.745. The van der Waals surface area contributed by atoms with Crippen molar-refractivity contribution < 1.29 is 4.74 Å². The number of anilines is 2. The number of H-pyrrole nitrogens is 1. The first-order chi connectivity index (χ1) is 12.4. The fraction of sp³-hybridized carbons (Fsp3) is 0.278. The third-order valence-electron chi connectivity index (χ3n) is 4.14. The monoisotopic (exact) mass is 336 g/mol. The number of pyridine rings is 1. The van der Waals surface area contributed by atoms with Gasteiger partial charge in [0.25, 0.3) is 0 Å². The normalized spacial score (nSPS) is 15.2. The number of benzene rings is 1. The van der Waals surface area contributed by atoms with Gasteiger partial charge in [0, 0.05) is 30.9 Å². The second kappa shape index (κ2) is 7.42. The van der Waals surface area contributed by atoms with E-state index in [2.05, 4.69) is 31.7 Å². The van der Waals surface area contributed by atoms with E-state index in [-0.39, 0.29) is 0 Å². The van der Waals surface area contributed by atoms with Crippen molar-refractivity contribution >= 4 is 11.5 Å². The van der Waals surface area contributed by atoms with Crippen molar-refractivity contribution in [1.29, 1.82) is 0 Å². The van der Waals surface area contributed by atoms with E-state index < -0.39 is 0 Å². The van der Waals surface area contributed by atoms with Gasteiger partial charge >= 0.3 is 0 Å². The summed E-state index contributed by atoms with van der Waals surface area (Å²) in [6.45, 7) is 4.36. The van der Waals surface area contributed by atoms with Crippen LogP contribution in [0.4, 0.5) is 11.5 Å². The molecule has 1 saturated heterocycles. The molecule has 1 aromatic carbocycles. The van der Waals surface area contributed by atoms with Crippen molar-refractivity contribution in [2.24, 2.45) is 0 Å². The molecule has 128 valence electrons. The molecular weight excluding hydrogens is 316 g/mol. The van der Waals surface area contributed by atoms with Crippen molar-refractivity contribution in [2.45, 2.75) is 6.54 Å². The zero-order valence-corrected chi connectivity index (χ0v) is 13.9. The lowest BCUT2D eigenvalue weighted by Crippen LogP contribution is -2.35. The van der Waals surface area contributed by atoms with Crippen molar-refractivity contribution in [3.05, 3.63) is 54.4 Å². The predicted octanol–water partition coefficient (Wildman–Crippen LogP) is 2.44. The Morgan fingerprint density at radius 1 is 1.12 bits per heavy atom. The van der Waals surface area contributed by atoms with Gasteiger partial charge in [0.15, 0.2) is 0 Å². The largest absolute Gasteiger partial charge is 0.379 e. The molecule has 7 heteroatoms. The van der Waals surface area contributed by atoms with Gasteiger partial charge in [-0.1, -0.05) is 18.2 Å². The summed E-state index contributed by atoms with van der Waals surface area (Å²) in [5, 5.41) is 14.0. The second-order valence-electron chi connectivity index (χ2n) is 5.96. The highest BCUT2D eigenvalue weighted by atomic mass is 16.5. The van der Waals surface area contributed by atoms with Crippen LogP contribution in [0.1, 0.15) is 5.69 Å². The van der Waals surface area contributed by atoms with Crippen LogP contribution in [0.3, 0.4) is 0 Å². The van der Waals surface area contributed by atoms with Crippen LogP contribution in [0.15, 0.2) is 48.7 Å². The molecule has 3 aromatic rings. The fourth-order valence-corrected chi connectivity index (χ4v) is 2.87. The first-order valence-electron chi connectivity index (χ1n) is 8.36. The fourth-order valence-electron chi connectivity index (χ4n) is 2.87. The van der Waals surface area contributed by atoms with Gasteiger partial charge < -0.3 is 10.1 Å². The highest BCUT2D eigenvalue weighted by Gasteiger charge is 2.11. The Kier molecular flexibility index (Phi) is 4.67. The zero-order valence-electron chi connectivity index (χ0n) is 13.9. The second-order valence-corrected chi connectivity index (χ2v) is 5.96. The molecule has 4 rings (SSSR count). The third kappa shape index (κ3) is 4.01. The maximum Gasteiger partial charge on any atom is 0.130 e. The van der Waals surface area contributed by atoms with Crippen LogP contribution in [0.2, 0.25) is 0 Å². The summed E-state index contributed by atoms with van der Waals surface area (Å²) in [7, 11) is 0. The Bertz CT molecular complexity index is 814. The topological polar surface area (TPSA) is 79.0 Å². The number of nitrogens with zero attached hydrogens (tertiary/aromatic N) is 4. The van der Waals surface area contributed by atoms with E-state index in [1.54, 1.807) is 6.20 Å². The van der Waals surface area contributed by atoms with E-state index in [4.69, 9.17) is 9.72 Å². The van der Waals surface area contributed by atoms with E-state index in [1.807, 2.05) is 36.4 Å². The molecular formula is C18H20N6O. The van der Waals surface area contributed by atoms with Crippen LogP contribution in [0.25, 0.3) is 11.3 Å². The molecule has 0 bridgehead atoms. The average Bonchev–Trinajstić information content (AvgIpc) is 3.18. The predicted molar refractivity (Wildman–Crippen MR) is 95.4 cm³/mol. The molecule has 0 amide bonds. The van der Waals surface area contributed by atoms with Crippen molar-refractivity contribution in [2.75, 3.05) is 31.6 Å². The molecule has 1 aliphatic heterocycles. The molecule has 25 heavy (non-hydrogen) atoms. The molecule has 1 aliphatic rings. The molecule has 0 aliphatic carbocycles. The Balaban J connectivity index is 1.47. The van der Waals surface area contributed by atoms with Crippen molar-refractivity contribution in [3.8, 4) is 11.3 Å². The van der Waals surface area contributed by atoms with Crippen LogP contribution < -0.4 is 5.32 Å². The summed E-state index contributed by atoms with van der Waals surface area (Å²) in [4.78, 5) is 7.09. The summed E-state index contributed by atoms with van der Waals surface area (Å²) in [5.41, 5.74) is 3.84. The zero-order chi connectivity index (χ0) is 16.9. The van der Waals surface area contributed by atoms with E-state index in [0.717, 1.165) is 61.3 Å². The standard InChI is InChI=1S/C18H20N6O/c1-3-14(17-12-19-23-22-17)11-15(4-1)20-18-6-2-5-16(21-18)13-24-7-9-25-10-8-24/h1-6,11-12H,7-10,13H2,(H,20,21)(H,19,22,23). The smallest absolute Gasteiger partial charge is 0.130 e. The lowest BCUT2D eigenvalue weighted by molar-refractivity contribution is 0.0337. The number of hydrogen-bond acceptors (Lipinski definition) is 6. The number of ether oxygens (including phenoxy) is 1. The number of morpholine rings is 1. The molecule has 1 fully saturated rings. The van der Waals surface area contributed by atoms with Gasteiger partial charge in [-0.2, -0.15) is 15.4 Å². The Hall–Kier alpha value is -2.77. The summed E-state index contributed by atoms with van der Waals surface area (Å²) in [6, 6.07) is 14.1. The molecule has 7 nitrogen and oxygen atoms in total. The van der Waals surface area contributed by atoms with Gasteiger partial charge in [0.05, 0.1) is 25.1 Å². The number of nitrogens with one attached hydrogen (secondary N) is 2. The highest BCUT2D eigenvalue weighted by molar-refractivity contribution is 5.67. The average molecular weight is 336 g/mol. The van der Waals surface area contributed by atoms with Crippen LogP contribution >= 0.6 is 0 Å². The summed E-state index contributed by atoms with van der Waals surface area (Å²) < 4.78 is 5.40. The van der Waals surface area contributed by atoms with Gasteiger partial charge in [-0.3, -0.25) is 4.90 Å². The van der Waals surface area contributed by atoms with E-state index >= 15 is 0 Å². The third-order valence-corrected chi connectivity index (χ3v) is 4.14. The maximum atomic E-state index is 5.40. The molecule has 0 spiro atoms. The minimum Gasteiger partial charge on any atom is -0.379 e. The maximum absolute atomic E-state index is 5.40. The Morgan fingerprint density at radius 3 is 2.84 bits per heavy atom. The Morgan fingerprint density at radius 2 is 2.00 bits per heavy atom. The number of hydrogen-bond donors (Lipinski definition) is 2. The van der Waals surface area contributed by atoms with E-state index in [9.17, 15) is 0 Å². The molecule has 2 aromatic heterocycles. The van der Waals surface area contributed by atoms with Gasteiger partial charge in [0.1, 0.15) is 11.5 Å². The molecule has 0 radical (unpaired) electrons. The lowest BCUT2D eigenvalue weighted by atomic mass is 10.1. The minimum atomic E-state index is 0.798. The van der Waals surface area contributed by atoms with E-state index in [1.165, 1.54) is 0 Å². The molecule has 0 saturated carbocycles. The summed E-state index contributed by atoms with van der Waals surface area (Å²) in [5.74, 6) is 0.836.